The van der Waals surface area contributed by atoms with E-state index in [4.69, 9.17) is 0 Å². The summed E-state index contributed by atoms with van der Waals surface area (Å²) in [6.07, 6.45) is 3.76. The van der Waals surface area contributed by atoms with E-state index in [1.807, 2.05) is 0 Å². The minimum absolute atomic E-state index is 0.114. The molecule has 4 nitrogen and oxygen atoms in total. The number of hydrogen-bond acceptors (Lipinski definition) is 3. The van der Waals surface area contributed by atoms with Crippen LogP contribution >= 0.6 is 0 Å². The van der Waals surface area contributed by atoms with E-state index >= 15 is 0 Å². The number of rotatable bonds is 5. The van der Waals surface area contributed by atoms with Gasteiger partial charge in [-0.15, -0.1) is 0 Å². The van der Waals surface area contributed by atoms with E-state index in [-0.39, 0.29) is 11.3 Å². The summed E-state index contributed by atoms with van der Waals surface area (Å²) in [4.78, 5) is 12.3. The molecule has 0 unspecified atom stereocenters. The van der Waals surface area contributed by atoms with Gasteiger partial charge in [-0.25, -0.2) is 0 Å². The Kier molecular flexibility index (Phi) is 4.95. The molecule has 0 atom stereocenters. The van der Waals surface area contributed by atoms with Gasteiger partial charge in [-0.2, -0.15) is 0 Å². The van der Waals surface area contributed by atoms with Crippen LogP contribution in [0.3, 0.4) is 0 Å². The van der Waals surface area contributed by atoms with Crippen LogP contribution in [0.25, 0.3) is 0 Å². The zero-order chi connectivity index (χ0) is 12.9. The molecule has 0 aromatic carbocycles. The summed E-state index contributed by atoms with van der Waals surface area (Å²) >= 11 is 0. The molecule has 4 heteroatoms. The van der Waals surface area contributed by atoms with Gasteiger partial charge in [-0.05, 0) is 46.2 Å². The van der Waals surface area contributed by atoms with E-state index in [1.165, 1.54) is 0 Å². The fraction of sp³-hybridized carbons (Fsp3) is 0.923. The molecule has 0 bridgehead atoms. The molecule has 1 rings (SSSR count). The Morgan fingerprint density at radius 3 is 2.47 bits per heavy atom. The van der Waals surface area contributed by atoms with Crippen molar-refractivity contribution in [2.24, 2.45) is 5.41 Å². The van der Waals surface area contributed by atoms with Gasteiger partial charge >= 0.3 is 0 Å². The second-order valence-electron chi connectivity index (χ2n) is 5.78. The summed E-state index contributed by atoms with van der Waals surface area (Å²) in [5.41, 5.74) is -1.05. The first-order valence-electron chi connectivity index (χ1n) is 6.61. The van der Waals surface area contributed by atoms with Crippen molar-refractivity contribution in [3.8, 4) is 0 Å². The van der Waals surface area contributed by atoms with Gasteiger partial charge in [0.25, 0.3) is 0 Å². The van der Waals surface area contributed by atoms with Crippen LogP contribution in [0, 0.1) is 5.41 Å². The third-order valence-electron chi connectivity index (χ3n) is 3.45. The summed E-state index contributed by atoms with van der Waals surface area (Å²) < 4.78 is 0. The first kappa shape index (κ1) is 14.5. The van der Waals surface area contributed by atoms with Crippen molar-refractivity contribution in [2.75, 3.05) is 19.6 Å². The van der Waals surface area contributed by atoms with Gasteiger partial charge in [-0.1, -0.05) is 13.3 Å². The third kappa shape index (κ3) is 4.28. The predicted molar refractivity (Wildman–Crippen MR) is 68.8 cm³/mol. The minimum Gasteiger partial charge on any atom is -0.389 e. The van der Waals surface area contributed by atoms with Crippen molar-refractivity contribution in [1.29, 1.82) is 0 Å². The number of carbonyl (C=O) groups excluding carboxylic acids is 1. The van der Waals surface area contributed by atoms with Crippen LogP contribution in [0.4, 0.5) is 0 Å². The molecule has 0 aliphatic carbocycles. The van der Waals surface area contributed by atoms with Gasteiger partial charge in [0.2, 0.25) is 5.91 Å². The lowest BCUT2D eigenvalue weighted by Gasteiger charge is -2.36. The van der Waals surface area contributed by atoms with Gasteiger partial charge in [0.05, 0.1) is 11.0 Å². The van der Waals surface area contributed by atoms with Crippen LogP contribution in [0.1, 0.15) is 46.5 Å². The normalized spacial score (nSPS) is 20.0. The maximum Gasteiger partial charge on any atom is 0.226 e. The maximum absolute atomic E-state index is 12.3. The molecule has 1 heterocycles. The highest BCUT2D eigenvalue weighted by Crippen LogP contribution is 2.34. The van der Waals surface area contributed by atoms with E-state index in [1.54, 1.807) is 13.8 Å². The monoisotopic (exact) mass is 242 g/mol. The van der Waals surface area contributed by atoms with E-state index in [9.17, 15) is 9.90 Å². The highest BCUT2D eigenvalue weighted by Gasteiger charge is 2.38. The number of nitrogens with one attached hydrogen (secondary N) is 2. The topological polar surface area (TPSA) is 61.4 Å². The lowest BCUT2D eigenvalue weighted by Crippen LogP contribution is -2.50. The highest BCUT2D eigenvalue weighted by atomic mass is 16.3. The van der Waals surface area contributed by atoms with Gasteiger partial charge in [-0.3, -0.25) is 4.79 Å². The number of carbonyl (C=O) groups is 1. The largest absolute Gasteiger partial charge is 0.389 e. The van der Waals surface area contributed by atoms with Gasteiger partial charge in [0.15, 0.2) is 0 Å². The lowest BCUT2D eigenvalue weighted by atomic mass is 9.74. The number of aliphatic hydroxyl groups is 1. The van der Waals surface area contributed by atoms with Crippen molar-refractivity contribution in [2.45, 2.75) is 52.1 Å². The molecule has 0 radical (unpaired) electrons. The van der Waals surface area contributed by atoms with Gasteiger partial charge in [0, 0.05) is 6.54 Å². The van der Waals surface area contributed by atoms with Crippen LogP contribution in [0.2, 0.25) is 0 Å². The maximum atomic E-state index is 12.3. The van der Waals surface area contributed by atoms with Crippen LogP contribution in [-0.4, -0.2) is 36.2 Å². The van der Waals surface area contributed by atoms with Gasteiger partial charge in [0.1, 0.15) is 0 Å². The molecule has 1 saturated heterocycles. The van der Waals surface area contributed by atoms with Gasteiger partial charge < -0.3 is 15.7 Å². The van der Waals surface area contributed by atoms with Crippen LogP contribution in [0.15, 0.2) is 0 Å². The number of hydrogen-bond donors (Lipinski definition) is 3. The Morgan fingerprint density at radius 2 is 2.00 bits per heavy atom. The Hall–Kier alpha value is -0.610. The quantitative estimate of drug-likeness (QED) is 0.675. The fourth-order valence-electron chi connectivity index (χ4n) is 2.46. The average molecular weight is 242 g/mol. The number of piperidine rings is 1. The Balaban J connectivity index is 2.60. The molecule has 0 spiro atoms. The van der Waals surface area contributed by atoms with Crippen LogP contribution in [-0.2, 0) is 4.79 Å². The van der Waals surface area contributed by atoms with E-state index in [0.29, 0.717) is 6.54 Å². The standard InChI is InChI=1S/C13H26N2O2/c1-4-5-13(6-8-14-9-7-13)11(16)15-10-12(2,3)17/h14,17H,4-10H2,1-3H3,(H,15,16). The molecule has 0 aromatic heterocycles. The highest BCUT2D eigenvalue weighted by molar-refractivity contribution is 5.82. The number of amides is 1. The summed E-state index contributed by atoms with van der Waals surface area (Å²) in [6, 6.07) is 0. The zero-order valence-electron chi connectivity index (χ0n) is 11.3. The summed E-state index contributed by atoms with van der Waals surface area (Å²) in [6.45, 7) is 7.69. The second-order valence-corrected chi connectivity index (χ2v) is 5.78. The first-order valence-corrected chi connectivity index (χ1v) is 6.61. The predicted octanol–water partition coefficient (Wildman–Crippen LogP) is 1.04. The smallest absolute Gasteiger partial charge is 0.226 e. The lowest BCUT2D eigenvalue weighted by molar-refractivity contribution is -0.134. The molecule has 1 fully saturated rings. The average Bonchev–Trinajstić information content (AvgIpc) is 2.26. The summed E-state index contributed by atoms with van der Waals surface area (Å²) in [5, 5.41) is 15.8. The Bertz CT molecular complexity index is 247. The Labute approximate surface area is 104 Å². The summed E-state index contributed by atoms with van der Waals surface area (Å²) in [7, 11) is 0. The molecule has 17 heavy (non-hydrogen) atoms. The van der Waals surface area contributed by atoms with Crippen molar-refractivity contribution in [3.63, 3.8) is 0 Å². The van der Waals surface area contributed by atoms with Crippen molar-refractivity contribution < 1.29 is 9.90 Å². The molecule has 100 valence electrons. The first-order chi connectivity index (χ1) is 7.90. The molecule has 0 saturated carbocycles. The zero-order valence-corrected chi connectivity index (χ0v) is 11.3. The van der Waals surface area contributed by atoms with E-state index in [0.717, 1.165) is 38.8 Å². The van der Waals surface area contributed by atoms with Crippen molar-refractivity contribution in [3.05, 3.63) is 0 Å². The molecule has 1 amide bonds. The van der Waals surface area contributed by atoms with E-state index < -0.39 is 5.60 Å². The van der Waals surface area contributed by atoms with Crippen LogP contribution in [0.5, 0.6) is 0 Å². The SMILES string of the molecule is CCCC1(C(=O)NCC(C)(C)O)CCNCC1. The third-order valence-corrected chi connectivity index (χ3v) is 3.45. The minimum atomic E-state index is -0.837. The molecule has 1 aliphatic heterocycles. The van der Waals surface area contributed by atoms with Crippen molar-refractivity contribution >= 4 is 5.91 Å². The summed E-state index contributed by atoms with van der Waals surface area (Å²) in [5.74, 6) is 0.114. The molecular weight excluding hydrogens is 216 g/mol. The fourth-order valence-corrected chi connectivity index (χ4v) is 2.46. The molecule has 1 aliphatic rings. The van der Waals surface area contributed by atoms with E-state index in [2.05, 4.69) is 17.6 Å². The van der Waals surface area contributed by atoms with Crippen LogP contribution < -0.4 is 10.6 Å². The second kappa shape index (κ2) is 5.83. The molecule has 0 aromatic rings. The van der Waals surface area contributed by atoms with Crippen molar-refractivity contribution in [1.82, 2.24) is 10.6 Å². The molecule has 3 N–H and O–H groups in total. The Morgan fingerprint density at radius 1 is 1.41 bits per heavy atom. The molecular formula is C13H26N2O2.